The average molecular weight is 474 g/mol. The van der Waals surface area contributed by atoms with E-state index in [1.54, 1.807) is 0 Å². The maximum atomic E-state index is 13.2. The van der Waals surface area contributed by atoms with Crippen molar-refractivity contribution in [3.05, 3.63) is 71.4 Å². The Morgan fingerprint density at radius 3 is 2.26 bits per heavy atom. The first kappa shape index (κ1) is 23.6. The van der Waals surface area contributed by atoms with Gasteiger partial charge in [0.05, 0.1) is 18.8 Å². The number of likely N-dealkylation sites (tertiary alicyclic amines) is 1. The lowest BCUT2D eigenvalue weighted by molar-refractivity contribution is 0.0304. The molecule has 2 fully saturated rings. The van der Waals surface area contributed by atoms with Gasteiger partial charge in [-0.2, -0.15) is 0 Å². The molecular weight excluding hydrogens is 438 g/mol. The van der Waals surface area contributed by atoms with Crippen LogP contribution in [0.5, 0.6) is 0 Å². The van der Waals surface area contributed by atoms with E-state index in [0.717, 1.165) is 79.3 Å². The largest absolute Gasteiger partial charge is 0.378 e. The topological polar surface area (TPSA) is 54.8 Å². The molecule has 3 heterocycles. The SMILES string of the molecule is O=C(c1ccccc1CCCCn1cc(C(=O)N2CCOCC2)c2ccccc21)N1CCCCC1. The number of para-hydroxylation sites is 1. The average Bonchev–Trinajstić information content (AvgIpc) is 3.30. The van der Waals surface area contributed by atoms with Gasteiger partial charge in [0, 0.05) is 55.4 Å². The lowest BCUT2D eigenvalue weighted by Gasteiger charge is -2.27. The normalized spacial score (nSPS) is 16.6. The molecule has 1 aromatic heterocycles. The summed E-state index contributed by atoms with van der Waals surface area (Å²) in [5.41, 5.74) is 3.88. The maximum Gasteiger partial charge on any atom is 0.256 e. The molecule has 35 heavy (non-hydrogen) atoms. The van der Waals surface area contributed by atoms with Crippen molar-refractivity contribution in [3.8, 4) is 0 Å². The van der Waals surface area contributed by atoms with Gasteiger partial charge in [0.2, 0.25) is 0 Å². The molecule has 6 heteroatoms. The zero-order valence-corrected chi connectivity index (χ0v) is 20.5. The van der Waals surface area contributed by atoms with Gasteiger partial charge >= 0.3 is 0 Å². The predicted octanol–water partition coefficient (Wildman–Crippen LogP) is 4.76. The summed E-state index contributed by atoms with van der Waals surface area (Å²) < 4.78 is 7.63. The molecule has 3 aromatic rings. The number of hydrogen-bond donors (Lipinski definition) is 0. The molecule has 5 rings (SSSR count). The minimum Gasteiger partial charge on any atom is -0.378 e. The van der Waals surface area contributed by atoms with E-state index < -0.39 is 0 Å². The quantitative estimate of drug-likeness (QED) is 0.465. The smallest absolute Gasteiger partial charge is 0.256 e. The van der Waals surface area contributed by atoms with Crippen LogP contribution in [0.4, 0.5) is 0 Å². The number of unbranched alkanes of at least 4 members (excludes halogenated alkanes) is 1. The van der Waals surface area contributed by atoms with Gasteiger partial charge in [-0.1, -0.05) is 36.4 Å². The first-order valence-electron chi connectivity index (χ1n) is 13.0. The molecule has 2 saturated heterocycles. The highest BCUT2D eigenvalue weighted by Gasteiger charge is 2.23. The van der Waals surface area contributed by atoms with Crippen molar-refractivity contribution >= 4 is 22.7 Å². The molecule has 2 amide bonds. The Kier molecular flexibility index (Phi) is 7.48. The van der Waals surface area contributed by atoms with E-state index in [2.05, 4.69) is 16.7 Å². The maximum absolute atomic E-state index is 13.2. The lowest BCUT2D eigenvalue weighted by Crippen LogP contribution is -2.40. The second-order valence-corrected chi connectivity index (χ2v) is 9.63. The Morgan fingerprint density at radius 2 is 1.43 bits per heavy atom. The first-order chi connectivity index (χ1) is 17.2. The van der Waals surface area contributed by atoms with Crippen LogP contribution in [0.15, 0.2) is 54.7 Å². The van der Waals surface area contributed by atoms with Crippen molar-refractivity contribution in [2.24, 2.45) is 0 Å². The fourth-order valence-corrected chi connectivity index (χ4v) is 5.35. The molecule has 0 saturated carbocycles. The Labute approximate surface area is 207 Å². The van der Waals surface area contributed by atoms with Gasteiger partial charge in [0.25, 0.3) is 11.8 Å². The molecule has 2 aliphatic heterocycles. The Bertz CT molecular complexity index is 1170. The van der Waals surface area contributed by atoms with E-state index in [0.29, 0.717) is 26.3 Å². The van der Waals surface area contributed by atoms with E-state index in [4.69, 9.17) is 4.74 Å². The van der Waals surface area contributed by atoms with E-state index in [1.165, 1.54) is 6.42 Å². The zero-order chi connectivity index (χ0) is 24.0. The molecule has 0 unspecified atom stereocenters. The van der Waals surface area contributed by atoms with Gasteiger partial charge in [-0.15, -0.1) is 0 Å². The summed E-state index contributed by atoms with van der Waals surface area (Å²) >= 11 is 0. The molecule has 6 nitrogen and oxygen atoms in total. The number of hydrogen-bond acceptors (Lipinski definition) is 3. The molecule has 0 bridgehead atoms. The highest BCUT2D eigenvalue weighted by Crippen LogP contribution is 2.24. The number of nitrogens with zero attached hydrogens (tertiary/aromatic N) is 3. The van der Waals surface area contributed by atoms with Crippen molar-refractivity contribution in [1.82, 2.24) is 14.4 Å². The molecule has 0 N–H and O–H groups in total. The van der Waals surface area contributed by atoms with Gasteiger partial charge in [-0.3, -0.25) is 9.59 Å². The standard InChI is InChI=1S/C29H35N3O3/c33-28(30-15-7-1-8-16-30)24-12-3-2-10-23(24)11-6-9-17-32-22-26(25-13-4-5-14-27(25)32)29(34)31-18-20-35-21-19-31/h2-5,10,12-14,22H,1,6-9,11,15-21H2. The summed E-state index contributed by atoms with van der Waals surface area (Å²) in [5, 5.41) is 1.02. The summed E-state index contributed by atoms with van der Waals surface area (Å²) in [6.45, 7) is 5.10. The van der Waals surface area contributed by atoms with E-state index in [1.807, 2.05) is 52.4 Å². The van der Waals surface area contributed by atoms with Crippen LogP contribution in [0.1, 0.15) is 58.4 Å². The fourth-order valence-electron chi connectivity index (χ4n) is 5.35. The number of aryl methyl sites for hydroxylation is 2. The molecule has 2 aromatic carbocycles. The second-order valence-electron chi connectivity index (χ2n) is 9.63. The van der Waals surface area contributed by atoms with Gasteiger partial charge < -0.3 is 19.1 Å². The van der Waals surface area contributed by atoms with Crippen molar-refractivity contribution < 1.29 is 14.3 Å². The third-order valence-corrected chi connectivity index (χ3v) is 7.30. The number of carbonyl (C=O) groups is 2. The van der Waals surface area contributed by atoms with Crippen LogP contribution >= 0.6 is 0 Å². The summed E-state index contributed by atoms with van der Waals surface area (Å²) in [4.78, 5) is 30.2. The number of morpholine rings is 1. The van der Waals surface area contributed by atoms with Gasteiger partial charge in [0.1, 0.15) is 0 Å². The van der Waals surface area contributed by atoms with Crippen LogP contribution < -0.4 is 0 Å². The van der Waals surface area contributed by atoms with Crippen LogP contribution in [0.25, 0.3) is 10.9 Å². The number of piperidine rings is 1. The van der Waals surface area contributed by atoms with Crippen molar-refractivity contribution in [3.63, 3.8) is 0 Å². The molecule has 184 valence electrons. The highest BCUT2D eigenvalue weighted by atomic mass is 16.5. The minimum atomic E-state index is 0.0911. The fraction of sp³-hybridized carbons (Fsp3) is 0.448. The van der Waals surface area contributed by atoms with Crippen molar-refractivity contribution in [2.45, 2.75) is 45.1 Å². The minimum absolute atomic E-state index is 0.0911. The summed E-state index contributed by atoms with van der Waals surface area (Å²) in [7, 11) is 0. The number of aromatic nitrogens is 1. The third kappa shape index (κ3) is 5.27. The molecule has 0 radical (unpaired) electrons. The lowest BCUT2D eigenvalue weighted by atomic mass is 10.00. The Hall–Kier alpha value is -3.12. The van der Waals surface area contributed by atoms with Crippen LogP contribution in [0.2, 0.25) is 0 Å². The number of rotatable bonds is 7. The number of ether oxygens (including phenoxy) is 1. The van der Waals surface area contributed by atoms with E-state index in [-0.39, 0.29) is 11.8 Å². The Balaban J connectivity index is 1.24. The van der Waals surface area contributed by atoms with Gasteiger partial charge in [0.15, 0.2) is 0 Å². The zero-order valence-electron chi connectivity index (χ0n) is 20.5. The number of amides is 2. The van der Waals surface area contributed by atoms with Crippen LogP contribution in [-0.4, -0.2) is 65.6 Å². The first-order valence-corrected chi connectivity index (χ1v) is 13.0. The molecule has 0 aliphatic carbocycles. The van der Waals surface area contributed by atoms with Crippen molar-refractivity contribution in [1.29, 1.82) is 0 Å². The number of fused-ring (bicyclic) bond motifs is 1. The molecular formula is C29H35N3O3. The second kappa shape index (κ2) is 11.1. The van der Waals surface area contributed by atoms with Crippen LogP contribution in [-0.2, 0) is 17.7 Å². The van der Waals surface area contributed by atoms with E-state index >= 15 is 0 Å². The highest BCUT2D eigenvalue weighted by molar-refractivity contribution is 6.07. The van der Waals surface area contributed by atoms with Crippen LogP contribution in [0.3, 0.4) is 0 Å². The summed E-state index contributed by atoms with van der Waals surface area (Å²) in [6.07, 6.45) is 8.31. The van der Waals surface area contributed by atoms with Crippen LogP contribution in [0, 0.1) is 0 Å². The Morgan fingerprint density at radius 1 is 0.743 bits per heavy atom. The van der Waals surface area contributed by atoms with Gasteiger partial charge in [-0.25, -0.2) is 0 Å². The van der Waals surface area contributed by atoms with Crippen molar-refractivity contribution in [2.75, 3.05) is 39.4 Å². The van der Waals surface area contributed by atoms with Gasteiger partial charge in [-0.05, 0) is 56.2 Å². The summed E-state index contributed by atoms with van der Waals surface area (Å²) in [5.74, 6) is 0.274. The molecule has 0 atom stereocenters. The number of carbonyl (C=O) groups excluding carboxylic acids is 2. The van der Waals surface area contributed by atoms with E-state index in [9.17, 15) is 9.59 Å². The molecule has 2 aliphatic rings. The summed E-state index contributed by atoms with van der Waals surface area (Å²) in [6, 6.07) is 16.3. The monoisotopic (exact) mass is 473 g/mol. The predicted molar refractivity (Wildman–Crippen MR) is 138 cm³/mol. The number of benzene rings is 2. The molecule has 0 spiro atoms. The third-order valence-electron chi connectivity index (χ3n) is 7.30.